The molecule has 0 fully saturated rings. The van der Waals surface area contributed by atoms with Crippen molar-refractivity contribution in [1.29, 1.82) is 0 Å². The summed E-state index contributed by atoms with van der Waals surface area (Å²) in [7, 11) is 0. The summed E-state index contributed by atoms with van der Waals surface area (Å²) in [6, 6.07) is 8.12. The molecule has 4 nitrogen and oxygen atoms in total. The summed E-state index contributed by atoms with van der Waals surface area (Å²) >= 11 is 0. The van der Waals surface area contributed by atoms with Gasteiger partial charge in [-0.05, 0) is 12.5 Å². The Hall–Kier alpha value is -2.23. The van der Waals surface area contributed by atoms with E-state index in [1.54, 1.807) is 6.20 Å². The normalized spacial score (nSPS) is 10.8. The maximum Gasteiger partial charge on any atom is 0.181 e. The Labute approximate surface area is 92.4 Å². The van der Waals surface area contributed by atoms with Crippen LogP contribution in [0.25, 0.3) is 22.6 Å². The van der Waals surface area contributed by atoms with Crippen LogP contribution in [0.1, 0.15) is 5.56 Å². The van der Waals surface area contributed by atoms with Gasteiger partial charge in [0.05, 0.1) is 6.20 Å². The monoisotopic (exact) mass is 210 g/mol. The van der Waals surface area contributed by atoms with E-state index >= 15 is 0 Å². The molecule has 1 aromatic carbocycles. The van der Waals surface area contributed by atoms with Gasteiger partial charge in [0.15, 0.2) is 5.65 Å². The average Bonchev–Trinajstić information content (AvgIpc) is 2.73. The first kappa shape index (κ1) is 9.03. The van der Waals surface area contributed by atoms with Gasteiger partial charge in [-0.1, -0.05) is 24.3 Å². The summed E-state index contributed by atoms with van der Waals surface area (Å²) in [5.41, 5.74) is 3.85. The van der Waals surface area contributed by atoms with Crippen LogP contribution in [0, 0.1) is 6.92 Å². The highest BCUT2D eigenvalue weighted by atomic mass is 15.0. The predicted octanol–water partition coefficient (Wildman–Crippen LogP) is 2.33. The Kier molecular flexibility index (Phi) is 1.93. The van der Waals surface area contributed by atoms with Gasteiger partial charge < -0.3 is 4.98 Å². The molecular formula is C12H10N4. The third-order valence-corrected chi connectivity index (χ3v) is 2.56. The summed E-state index contributed by atoms with van der Waals surface area (Å²) in [6.45, 7) is 2.06. The highest BCUT2D eigenvalue weighted by molar-refractivity contribution is 5.75. The molecule has 78 valence electrons. The first-order valence-corrected chi connectivity index (χ1v) is 5.06. The molecule has 3 aromatic rings. The second-order valence-electron chi connectivity index (χ2n) is 3.66. The number of imidazole rings is 1. The molecule has 0 spiro atoms. The second-order valence-corrected chi connectivity index (χ2v) is 3.66. The smallest absolute Gasteiger partial charge is 0.181 e. The van der Waals surface area contributed by atoms with E-state index in [1.165, 1.54) is 11.9 Å². The molecule has 0 bridgehead atoms. The number of H-pyrrole nitrogens is 1. The molecule has 1 N–H and O–H groups in total. The van der Waals surface area contributed by atoms with E-state index < -0.39 is 0 Å². The van der Waals surface area contributed by atoms with Crippen LogP contribution < -0.4 is 0 Å². The number of aromatic amines is 1. The molecule has 0 saturated carbocycles. The summed E-state index contributed by atoms with van der Waals surface area (Å²) in [6.07, 6.45) is 3.24. The van der Waals surface area contributed by atoms with Gasteiger partial charge >= 0.3 is 0 Å². The van der Waals surface area contributed by atoms with E-state index in [2.05, 4.69) is 32.9 Å². The zero-order valence-corrected chi connectivity index (χ0v) is 8.81. The van der Waals surface area contributed by atoms with Crippen molar-refractivity contribution >= 4 is 11.2 Å². The molecule has 3 rings (SSSR count). The van der Waals surface area contributed by atoms with Crippen LogP contribution in [-0.2, 0) is 0 Å². The lowest BCUT2D eigenvalue weighted by molar-refractivity contribution is 1.20. The van der Waals surface area contributed by atoms with Crippen molar-refractivity contribution in [2.24, 2.45) is 0 Å². The molecule has 0 atom stereocenters. The van der Waals surface area contributed by atoms with Gasteiger partial charge in [0.2, 0.25) is 0 Å². The quantitative estimate of drug-likeness (QED) is 0.670. The van der Waals surface area contributed by atoms with E-state index in [-0.39, 0.29) is 0 Å². The van der Waals surface area contributed by atoms with Gasteiger partial charge in [-0.3, -0.25) is 0 Å². The maximum atomic E-state index is 4.44. The lowest BCUT2D eigenvalue weighted by atomic mass is 10.1. The zero-order valence-electron chi connectivity index (χ0n) is 8.81. The predicted molar refractivity (Wildman–Crippen MR) is 61.9 cm³/mol. The molecule has 0 aliphatic heterocycles. The first-order valence-electron chi connectivity index (χ1n) is 5.06. The van der Waals surface area contributed by atoms with Gasteiger partial charge in [0.25, 0.3) is 0 Å². The maximum absolute atomic E-state index is 4.44. The van der Waals surface area contributed by atoms with Crippen molar-refractivity contribution < 1.29 is 0 Å². The Bertz CT molecular complexity index is 609. The van der Waals surface area contributed by atoms with E-state index in [0.717, 1.165) is 16.9 Å². The van der Waals surface area contributed by atoms with E-state index in [4.69, 9.17) is 0 Å². The summed E-state index contributed by atoms with van der Waals surface area (Å²) in [5.74, 6) is 0.841. The molecular weight excluding hydrogens is 200 g/mol. The standard InChI is InChI=1S/C12H10N4/c1-8-4-2-3-5-9(8)11-15-10-6-13-7-14-12(10)16-11/h2-7H,1H3,(H,13,14,15,16). The Morgan fingerprint density at radius 3 is 2.88 bits per heavy atom. The highest BCUT2D eigenvalue weighted by Gasteiger charge is 2.07. The van der Waals surface area contributed by atoms with Crippen molar-refractivity contribution in [3.63, 3.8) is 0 Å². The summed E-state index contributed by atoms with van der Waals surface area (Å²) in [5, 5.41) is 0. The topological polar surface area (TPSA) is 54.5 Å². The third-order valence-electron chi connectivity index (χ3n) is 2.56. The summed E-state index contributed by atoms with van der Waals surface area (Å²) < 4.78 is 0. The number of hydrogen-bond donors (Lipinski definition) is 1. The van der Waals surface area contributed by atoms with Crippen LogP contribution in [-0.4, -0.2) is 19.9 Å². The summed E-state index contributed by atoms with van der Waals surface area (Å²) in [4.78, 5) is 15.7. The van der Waals surface area contributed by atoms with Gasteiger partial charge in [-0.2, -0.15) is 0 Å². The number of benzene rings is 1. The van der Waals surface area contributed by atoms with Gasteiger partial charge in [-0.15, -0.1) is 0 Å². The molecule has 0 aliphatic carbocycles. The Balaban J connectivity index is 2.23. The molecule has 0 aliphatic rings. The van der Waals surface area contributed by atoms with Crippen LogP contribution in [0.15, 0.2) is 36.8 Å². The first-order chi connectivity index (χ1) is 7.84. The number of aromatic nitrogens is 4. The molecule has 0 radical (unpaired) electrons. The Morgan fingerprint density at radius 1 is 1.19 bits per heavy atom. The molecule has 4 heteroatoms. The van der Waals surface area contributed by atoms with Crippen molar-refractivity contribution in [2.75, 3.05) is 0 Å². The molecule has 2 aromatic heterocycles. The highest BCUT2D eigenvalue weighted by Crippen LogP contribution is 2.21. The van der Waals surface area contributed by atoms with Crippen molar-refractivity contribution in [3.05, 3.63) is 42.4 Å². The lowest BCUT2D eigenvalue weighted by Gasteiger charge is -1.99. The van der Waals surface area contributed by atoms with Gasteiger partial charge in [-0.25, -0.2) is 15.0 Å². The Morgan fingerprint density at radius 2 is 2.06 bits per heavy atom. The van der Waals surface area contributed by atoms with Crippen molar-refractivity contribution in [2.45, 2.75) is 6.92 Å². The minimum atomic E-state index is 0.702. The number of hydrogen-bond acceptors (Lipinski definition) is 3. The molecule has 16 heavy (non-hydrogen) atoms. The van der Waals surface area contributed by atoms with Crippen LogP contribution in [0.2, 0.25) is 0 Å². The van der Waals surface area contributed by atoms with E-state index in [9.17, 15) is 0 Å². The minimum absolute atomic E-state index is 0.702. The second kappa shape index (κ2) is 3.41. The van der Waals surface area contributed by atoms with Crippen LogP contribution in [0.5, 0.6) is 0 Å². The zero-order chi connectivity index (χ0) is 11.0. The third kappa shape index (κ3) is 1.35. The number of rotatable bonds is 1. The fraction of sp³-hybridized carbons (Fsp3) is 0.0833. The number of nitrogens with zero attached hydrogens (tertiary/aromatic N) is 3. The van der Waals surface area contributed by atoms with Crippen molar-refractivity contribution in [3.8, 4) is 11.4 Å². The van der Waals surface area contributed by atoms with Gasteiger partial charge in [0.1, 0.15) is 17.7 Å². The number of nitrogens with one attached hydrogen (secondary N) is 1. The van der Waals surface area contributed by atoms with E-state index in [0.29, 0.717) is 5.65 Å². The minimum Gasteiger partial charge on any atom is -0.335 e. The molecule has 0 amide bonds. The van der Waals surface area contributed by atoms with Crippen LogP contribution in [0.4, 0.5) is 0 Å². The fourth-order valence-electron chi connectivity index (χ4n) is 1.73. The van der Waals surface area contributed by atoms with Crippen LogP contribution >= 0.6 is 0 Å². The number of aryl methyl sites for hydroxylation is 1. The number of fused-ring (bicyclic) bond motifs is 1. The molecule has 0 unspecified atom stereocenters. The molecule has 2 heterocycles. The lowest BCUT2D eigenvalue weighted by Crippen LogP contribution is -1.84. The van der Waals surface area contributed by atoms with Gasteiger partial charge in [0, 0.05) is 5.56 Å². The SMILES string of the molecule is Cc1ccccc1-c1nc2ncncc2[nH]1. The van der Waals surface area contributed by atoms with E-state index in [1.807, 2.05) is 18.2 Å². The molecule has 0 saturated heterocycles. The van der Waals surface area contributed by atoms with Crippen molar-refractivity contribution in [1.82, 2.24) is 19.9 Å². The largest absolute Gasteiger partial charge is 0.335 e. The fourth-order valence-corrected chi connectivity index (χ4v) is 1.73. The van der Waals surface area contributed by atoms with Crippen LogP contribution in [0.3, 0.4) is 0 Å². The average molecular weight is 210 g/mol.